The van der Waals surface area contributed by atoms with E-state index in [1.54, 1.807) is 69.2 Å². The number of hydrogen-bond acceptors (Lipinski definition) is 9. The van der Waals surface area contributed by atoms with Gasteiger partial charge in [0.1, 0.15) is 29.2 Å². The Morgan fingerprint density at radius 3 is 2.60 bits per heavy atom. The number of rotatable bonds is 11. The molecule has 1 aliphatic carbocycles. The molecule has 4 atom stereocenters. The van der Waals surface area contributed by atoms with Crippen LogP contribution in [0.4, 0.5) is 4.79 Å². The SMILES string of the molecule is CCC[C@H](NC(=O)C1C[C@@H](Oc2cc(-n3cccn3)nc3cc(OC)ccc23)CN1C(=O)OC(C)(C)C)C(O)C(=O)NC1CC1. The predicted octanol–water partition coefficient (Wildman–Crippen LogP) is 3.11. The van der Waals surface area contributed by atoms with Gasteiger partial charge in [-0.1, -0.05) is 13.3 Å². The van der Waals surface area contributed by atoms with Gasteiger partial charge in [0.15, 0.2) is 11.9 Å². The zero-order valence-corrected chi connectivity index (χ0v) is 26.4. The Morgan fingerprint density at radius 1 is 1.18 bits per heavy atom. The number of benzene rings is 1. The van der Waals surface area contributed by atoms with E-state index in [4.69, 9.17) is 19.2 Å². The first-order valence-corrected chi connectivity index (χ1v) is 15.4. The molecule has 3 N–H and O–H groups in total. The largest absolute Gasteiger partial charge is 0.497 e. The Kier molecular flexibility index (Phi) is 9.47. The third kappa shape index (κ3) is 7.83. The number of aliphatic hydroxyl groups excluding tert-OH is 1. The minimum Gasteiger partial charge on any atom is -0.497 e. The van der Waals surface area contributed by atoms with Gasteiger partial charge in [-0.15, -0.1) is 0 Å². The van der Waals surface area contributed by atoms with Crippen LogP contribution in [0.3, 0.4) is 0 Å². The van der Waals surface area contributed by atoms with Gasteiger partial charge in [-0.25, -0.2) is 14.5 Å². The van der Waals surface area contributed by atoms with Crippen molar-refractivity contribution in [3.05, 3.63) is 42.7 Å². The lowest BCUT2D eigenvalue weighted by atomic mass is 10.0. The lowest BCUT2D eigenvalue weighted by molar-refractivity contribution is -0.133. The van der Waals surface area contributed by atoms with Crippen molar-refractivity contribution in [1.82, 2.24) is 30.3 Å². The number of nitrogens with one attached hydrogen (secondary N) is 2. The Labute approximate surface area is 262 Å². The van der Waals surface area contributed by atoms with E-state index in [0.29, 0.717) is 35.7 Å². The lowest BCUT2D eigenvalue weighted by Gasteiger charge is -2.29. The molecular formula is C32H42N6O7. The van der Waals surface area contributed by atoms with Crippen molar-refractivity contribution in [1.29, 1.82) is 0 Å². The third-order valence-electron chi connectivity index (χ3n) is 7.69. The number of hydrogen-bond donors (Lipinski definition) is 3. The van der Waals surface area contributed by atoms with Gasteiger partial charge in [-0.2, -0.15) is 5.10 Å². The second kappa shape index (κ2) is 13.3. The van der Waals surface area contributed by atoms with E-state index in [2.05, 4.69) is 15.7 Å². The summed E-state index contributed by atoms with van der Waals surface area (Å²) in [6.07, 6.45) is 3.68. The summed E-state index contributed by atoms with van der Waals surface area (Å²) in [6, 6.07) is 7.29. The summed E-state index contributed by atoms with van der Waals surface area (Å²) in [6.45, 7) is 7.25. The highest BCUT2D eigenvalue weighted by Crippen LogP contribution is 2.33. The van der Waals surface area contributed by atoms with Crippen LogP contribution in [0.1, 0.15) is 59.8 Å². The fraction of sp³-hybridized carbons (Fsp3) is 0.531. The molecule has 3 heterocycles. The van der Waals surface area contributed by atoms with Gasteiger partial charge in [-0.05, 0) is 58.2 Å². The van der Waals surface area contributed by atoms with Gasteiger partial charge in [0, 0.05) is 42.4 Å². The highest BCUT2D eigenvalue weighted by atomic mass is 16.6. The summed E-state index contributed by atoms with van der Waals surface area (Å²) < 4.78 is 19.2. The Balaban J connectivity index is 1.41. The monoisotopic (exact) mass is 622 g/mol. The van der Waals surface area contributed by atoms with Crippen LogP contribution in [0.15, 0.2) is 42.7 Å². The average molecular weight is 623 g/mol. The van der Waals surface area contributed by atoms with Gasteiger partial charge in [0.05, 0.1) is 25.2 Å². The van der Waals surface area contributed by atoms with Crippen LogP contribution < -0.4 is 20.1 Å². The quantitative estimate of drug-likeness (QED) is 0.292. The normalized spacial score (nSPS) is 19.6. The maximum Gasteiger partial charge on any atom is 0.411 e. The second-order valence-corrected chi connectivity index (χ2v) is 12.6. The van der Waals surface area contributed by atoms with Crippen molar-refractivity contribution in [3.63, 3.8) is 0 Å². The van der Waals surface area contributed by atoms with Gasteiger partial charge in [-0.3, -0.25) is 14.5 Å². The Bertz CT molecular complexity index is 1520. The Morgan fingerprint density at radius 2 is 1.96 bits per heavy atom. The smallest absolute Gasteiger partial charge is 0.411 e. The molecule has 3 aromatic rings. The van der Waals surface area contributed by atoms with E-state index in [9.17, 15) is 19.5 Å². The number of fused-ring (bicyclic) bond motifs is 1. The van der Waals surface area contributed by atoms with E-state index < -0.39 is 47.8 Å². The van der Waals surface area contributed by atoms with E-state index in [-0.39, 0.29) is 19.0 Å². The van der Waals surface area contributed by atoms with Crippen LogP contribution in [0.5, 0.6) is 11.5 Å². The van der Waals surface area contributed by atoms with Crippen LogP contribution in [-0.4, -0.2) is 92.3 Å². The van der Waals surface area contributed by atoms with E-state index in [1.165, 1.54) is 4.90 Å². The standard InChI is InChI=1S/C32H42N6O7/c1-6-8-23(28(39)30(41)34-19-9-10-19)36-29(40)25-16-21(18-37(25)31(42)45-32(2,3)4)44-26-17-27(38-14-7-13-33-38)35-24-15-20(43-5)11-12-22(24)26/h7,11-15,17,19,21,23,25,28,39H,6,8-10,16,18H2,1-5H3,(H,34,41)(H,36,40)/t21-,23+,25?,28?/m1/s1. The van der Waals surface area contributed by atoms with Crippen molar-refractivity contribution in [2.45, 2.75) is 95.7 Å². The number of carbonyl (C=O) groups is 3. The number of likely N-dealkylation sites (tertiary alicyclic amines) is 1. The number of nitrogens with zero attached hydrogens (tertiary/aromatic N) is 4. The van der Waals surface area contributed by atoms with Crippen molar-refractivity contribution in [3.8, 4) is 17.3 Å². The molecule has 0 radical (unpaired) electrons. The number of amides is 3. The molecule has 45 heavy (non-hydrogen) atoms. The van der Waals surface area contributed by atoms with Crippen molar-refractivity contribution >= 4 is 28.8 Å². The van der Waals surface area contributed by atoms with Crippen LogP contribution in [-0.2, 0) is 14.3 Å². The van der Waals surface area contributed by atoms with Gasteiger partial charge < -0.3 is 30.0 Å². The summed E-state index contributed by atoms with van der Waals surface area (Å²) in [5.41, 5.74) is -0.174. The first-order chi connectivity index (χ1) is 21.5. The molecule has 3 amide bonds. The number of aliphatic hydroxyl groups is 1. The third-order valence-corrected chi connectivity index (χ3v) is 7.69. The minimum atomic E-state index is -1.42. The molecule has 0 bridgehead atoms. The van der Waals surface area contributed by atoms with E-state index in [1.807, 2.05) is 13.0 Å². The fourth-order valence-corrected chi connectivity index (χ4v) is 5.34. The number of carbonyl (C=O) groups excluding carboxylic acids is 3. The summed E-state index contributed by atoms with van der Waals surface area (Å²) in [5, 5.41) is 21.5. The van der Waals surface area contributed by atoms with Crippen molar-refractivity contribution in [2.24, 2.45) is 0 Å². The summed E-state index contributed by atoms with van der Waals surface area (Å²) in [4.78, 5) is 45.8. The first-order valence-electron chi connectivity index (χ1n) is 15.4. The summed E-state index contributed by atoms with van der Waals surface area (Å²) >= 11 is 0. The molecule has 2 fully saturated rings. The summed E-state index contributed by atoms with van der Waals surface area (Å²) in [7, 11) is 1.58. The molecule has 13 heteroatoms. The van der Waals surface area contributed by atoms with Crippen LogP contribution >= 0.6 is 0 Å². The molecule has 2 unspecified atom stereocenters. The highest BCUT2D eigenvalue weighted by molar-refractivity contribution is 5.89. The molecular weight excluding hydrogens is 580 g/mol. The maximum absolute atomic E-state index is 13.8. The van der Waals surface area contributed by atoms with Crippen LogP contribution in [0, 0.1) is 0 Å². The fourth-order valence-electron chi connectivity index (χ4n) is 5.34. The number of aromatic nitrogens is 3. The number of methoxy groups -OCH3 is 1. The van der Waals surface area contributed by atoms with E-state index >= 15 is 0 Å². The predicted molar refractivity (Wildman–Crippen MR) is 165 cm³/mol. The van der Waals surface area contributed by atoms with Gasteiger partial charge in [0.25, 0.3) is 5.91 Å². The summed E-state index contributed by atoms with van der Waals surface area (Å²) in [5.74, 6) is 0.640. The first kappa shape index (κ1) is 32.0. The molecule has 1 aromatic carbocycles. The molecule has 2 aromatic heterocycles. The van der Waals surface area contributed by atoms with Gasteiger partial charge in [0.2, 0.25) is 5.91 Å². The van der Waals surface area contributed by atoms with E-state index in [0.717, 1.165) is 18.2 Å². The lowest BCUT2D eigenvalue weighted by Crippen LogP contribution is -2.55. The molecule has 1 saturated carbocycles. The number of ether oxygens (including phenoxy) is 3. The van der Waals surface area contributed by atoms with Crippen LogP contribution in [0.25, 0.3) is 16.7 Å². The number of pyridine rings is 1. The molecule has 1 aliphatic heterocycles. The zero-order chi connectivity index (χ0) is 32.3. The zero-order valence-electron chi connectivity index (χ0n) is 26.4. The highest BCUT2D eigenvalue weighted by Gasteiger charge is 2.44. The molecule has 242 valence electrons. The molecule has 5 rings (SSSR count). The van der Waals surface area contributed by atoms with Gasteiger partial charge >= 0.3 is 6.09 Å². The van der Waals surface area contributed by atoms with Crippen LogP contribution in [0.2, 0.25) is 0 Å². The maximum atomic E-state index is 13.8. The average Bonchev–Trinajstić information content (AvgIpc) is 3.45. The topological polar surface area (TPSA) is 157 Å². The van der Waals surface area contributed by atoms with Crippen molar-refractivity contribution in [2.75, 3.05) is 13.7 Å². The Hall–Kier alpha value is -4.39. The second-order valence-electron chi connectivity index (χ2n) is 12.6. The minimum absolute atomic E-state index is 0.0692. The van der Waals surface area contributed by atoms with Crippen molar-refractivity contribution < 1.29 is 33.7 Å². The molecule has 2 aliphatic rings. The molecule has 0 spiro atoms. The molecule has 1 saturated heterocycles. The molecule has 13 nitrogen and oxygen atoms in total.